The van der Waals surface area contributed by atoms with Crippen LogP contribution in [-0.4, -0.2) is 0 Å². The maximum Gasteiger partial charge on any atom is 0.417 e. The fourth-order valence-corrected chi connectivity index (χ4v) is 1.32. The van der Waals surface area contributed by atoms with E-state index in [2.05, 4.69) is 21.9 Å². The van der Waals surface area contributed by atoms with Crippen molar-refractivity contribution in [2.45, 2.75) is 6.18 Å². The molecule has 0 saturated carbocycles. The van der Waals surface area contributed by atoms with Gasteiger partial charge in [0.25, 0.3) is 0 Å². The molecule has 0 amide bonds. The minimum Gasteiger partial charge on any atom is -0.183 e. The Kier molecular flexibility index (Phi) is 3.39. The van der Waals surface area contributed by atoms with Gasteiger partial charge in [0, 0.05) is 16.0 Å². The summed E-state index contributed by atoms with van der Waals surface area (Å²) in [6.07, 6.45) is -4.47. The third-order valence-electron chi connectivity index (χ3n) is 1.54. The third-order valence-corrected chi connectivity index (χ3v) is 2.03. The fourth-order valence-electron chi connectivity index (χ4n) is 0.955. The van der Waals surface area contributed by atoms with E-state index >= 15 is 0 Å². The molecule has 15 heavy (non-hydrogen) atoms. The average molecular weight is 274 g/mol. The summed E-state index contributed by atoms with van der Waals surface area (Å²) in [5.74, 6) is 4.08. The molecular formula is C10H3BrF3N. The number of nitrogens with zero attached hydrogens (tertiary/aromatic N) is 1. The van der Waals surface area contributed by atoms with Gasteiger partial charge in [-0.15, -0.1) is 0 Å². The molecule has 1 nitrogen and oxygen atoms in total. The van der Waals surface area contributed by atoms with E-state index in [1.54, 1.807) is 0 Å². The molecular weight excluding hydrogens is 271 g/mol. The molecule has 0 fully saturated rings. The Labute approximate surface area is 92.6 Å². The fraction of sp³-hybridized carbons (Fsp3) is 0.100. The molecule has 0 N–H and O–H groups in total. The van der Waals surface area contributed by atoms with Crippen LogP contribution in [0.3, 0.4) is 0 Å². The van der Waals surface area contributed by atoms with Gasteiger partial charge in [0.1, 0.15) is 0 Å². The van der Waals surface area contributed by atoms with E-state index in [1.165, 1.54) is 18.2 Å². The lowest BCUT2D eigenvalue weighted by Crippen LogP contribution is -2.07. The van der Waals surface area contributed by atoms with Crippen LogP contribution in [0.5, 0.6) is 0 Å². The highest BCUT2D eigenvalue weighted by Crippen LogP contribution is 2.33. The number of alkyl halides is 3. The normalized spacial score (nSPS) is 10.1. The van der Waals surface area contributed by atoms with Crippen molar-refractivity contribution >= 4 is 15.9 Å². The van der Waals surface area contributed by atoms with Crippen LogP contribution in [0, 0.1) is 23.2 Å². The zero-order chi connectivity index (χ0) is 11.5. The van der Waals surface area contributed by atoms with Crippen LogP contribution in [-0.2, 0) is 6.18 Å². The van der Waals surface area contributed by atoms with Gasteiger partial charge in [-0.3, -0.25) is 0 Å². The minimum atomic E-state index is -4.47. The van der Waals surface area contributed by atoms with Crippen LogP contribution in [0.2, 0.25) is 0 Å². The Morgan fingerprint density at radius 1 is 1.27 bits per heavy atom. The van der Waals surface area contributed by atoms with E-state index < -0.39 is 11.7 Å². The lowest BCUT2D eigenvalue weighted by atomic mass is 10.1. The number of halogens is 4. The van der Waals surface area contributed by atoms with Gasteiger partial charge in [0.15, 0.2) is 6.07 Å². The Bertz CT molecular complexity index is 474. The summed E-state index contributed by atoms with van der Waals surface area (Å²) in [7, 11) is 0. The maximum absolute atomic E-state index is 12.5. The number of nitriles is 1. The second kappa shape index (κ2) is 4.37. The van der Waals surface area contributed by atoms with Crippen molar-refractivity contribution in [1.82, 2.24) is 0 Å². The van der Waals surface area contributed by atoms with E-state index in [1.807, 2.05) is 5.92 Å². The summed E-state index contributed by atoms with van der Waals surface area (Å²) in [6.45, 7) is 0. The number of hydrogen-bond acceptors (Lipinski definition) is 1. The highest BCUT2D eigenvalue weighted by molar-refractivity contribution is 9.10. The Morgan fingerprint density at radius 2 is 1.93 bits per heavy atom. The third kappa shape index (κ3) is 3.00. The molecule has 0 aliphatic carbocycles. The maximum atomic E-state index is 12.5. The van der Waals surface area contributed by atoms with Crippen LogP contribution in [0.25, 0.3) is 0 Å². The van der Waals surface area contributed by atoms with Crippen LogP contribution >= 0.6 is 15.9 Å². The van der Waals surface area contributed by atoms with Gasteiger partial charge in [-0.25, -0.2) is 0 Å². The van der Waals surface area contributed by atoms with E-state index in [0.29, 0.717) is 4.47 Å². The Hall–Kier alpha value is -1.46. The van der Waals surface area contributed by atoms with E-state index in [0.717, 1.165) is 6.07 Å². The van der Waals surface area contributed by atoms with E-state index in [4.69, 9.17) is 5.26 Å². The van der Waals surface area contributed by atoms with E-state index in [9.17, 15) is 13.2 Å². The molecule has 0 saturated heterocycles. The van der Waals surface area contributed by atoms with Crippen molar-refractivity contribution in [3.05, 3.63) is 33.8 Å². The Morgan fingerprint density at radius 3 is 2.47 bits per heavy atom. The first kappa shape index (κ1) is 11.6. The van der Waals surface area contributed by atoms with E-state index in [-0.39, 0.29) is 5.56 Å². The molecule has 0 radical (unpaired) electrons. The van der Waals surface area contributed by atoms with Gasteiger partial charge in [-0.2, -0.15) is 18.4 Å². The molecule has 1 aromatic carbocycles. The van der Waals surface area contributed by atoms with Crippen molar-refractivity contribution in [1.29, 1.82) is 5.26 Å². The molecule has 0 spiro atoms. The highest BCUT2D eigenvalue weighted by Gasteiger charge is 2.33. The van der Waals surface area contributed by atoms with Gasteiger partial charge in [-0.05, 0) is 18.2 Å². The monoisotopic (exact) mass is 273 g/mol. The standard InChI is InChI=1S/C10H3BrF3N/c11-8-4-3-7(2-1-5-15)9(6-8)10(12,13)14/h3-4,6H. The van der Waals surface area contributed by atoms with Crippen molar-refractivity contribution in [2.24, 2.45) is 0 Å². The number of benzene rings is 1. The minimum absolute atomic E-state index is 0.202. The zero-order valence-electron chi connectivity index (χ0n) is 7.19. The molecule has 5 heteroatoms. The predicted molar refractivity (Wildman–Crippen MR) is 51.6 cm³/mol. The van der Waals surface area contributed by atoms with Crippen molar-refractivity contribution in [2.75, 3.05) is 0 Å². The topological polar surface area (TPSA) is 23.8 Å². The summed E-state index contributed by atoms with van der Waals surface area (Å²) < 4.78 is 37.8. The van der Waals surface area contributed by atoms with Gasteiger partial charge in [-0.1, -0.05) is 21.9 Å². The molecule has 0 unspecified atom stereocenters. The zero-order valence-corrected chi connectivity index (χ0v) is 8.78. The highest BCUT2D eigenvalue weighted by atomic mass is 79.9. The van der Waals surface area contributed by atoms with Crippen LogP contribution in [0.15, 0.2) is 22.7 Å². The van der Waals surface area contributed by atoms with Crippen LogP contribution < -0.4 is 0 Å². The average Bonchev–Trinajstić information content (AvgIpc) is 2.14. The van der Waals surface area contributed by atoms with Gasteiger partial charge in [0.2, 0.25) is 0 Å². The van der Waals surface area contributed by atoms with Crippen LogP contribution in [0.4, 0.5) is 13.2 Å². The molecule has 0 aromatic heterocycles. The summed E-state index contributed by atoms with van der Waals surface area (Å²) in [4.78, 5) is 0. The first-order chi connectivity index (χ1) is 6.95. The smallest absolute Gasteiger partial charge is 0.183 e. The van der Waals surface area contributed by atoms with Gasteiger partial charge < -0.3 is 0 Å². The second-order valence-corrected chi connectivity index (χ2v) is 3.47. The number of hydrogen-bond donors (Lipinski definition) is 0. The first-order valence-electron chi connectivity index (χ1n) is 3.72. The molecule has 0 atom stereocenters. The molecule has 0 bridgehead atoms. The van der Waals surface area contributed by atoms with Crippen molar-refractivity contribution in [3.63, 3.8) is 0 Å². The van der Waals surface area contributed by atoms with Crippen molar-refractivity contribution < 1.29 is 13.2 Å². The molecule has 0 heterocycles. The lowest BCUT2D eigenvalue weighted by Gasteiger charge is -2.09. The Balaban J connectivity index is 3.35. The quantitative estimate of drug-likeness (QED) is 0.665. The molecule has 1 rings (SSSR count). The van der Waals surface area contributed by atoms with Gasteiger partial charge in [0.05, 0.1) is 5.56 Å². The molecule has 1 aromatic rings. The lowest BCUT2D eigenvalue weighted by molar-refractivity contribution is -0.137. The second-order valence-electron chi connectivity index (χ2n) is 2.55. The molecule has 0 aliphatic rings. The van der Waals surface area contributed by atoms with Crippen LogP contribution in [0.1, 0.15) is 11.1 Å². The van der Waals surface area contributed by atoms with Gasteiger partial charge >= 0.3 is 6.18 Å². The SMILES string of the molecule is N#CC#Cc1ccc(Br)cc1C(F)(F)F. The van der Waals surface area contributed by atoms with Crippen molar-refractivity contribution in [3.8, 4) is 17.9 Å². The number of rotatable bonds is 0. The summed E-state index contributed by atoms with van der Waals surface area (Å²) >= 11 is 2.94. The largest absolute Gasteiger partial charge is 0.417 e. The molecule has 0 aliphatic heterocycles. The predicted octanol–water partition coefficient (Wildman–Crippen LogP) is 3.34. The molecule has 76 valence electrons. The first-order valence-corrected chi connectivity index (χ1v) is 4.51. The summed E-state index contributed by atoms with van der Waals surface area (Å²) in [6, 6.07) is 5.06. The summed E-state index contributed by atoms with van der Waals surface area (Å²) in [5, 5.41) is 8.16. The summed E-state index contributed by atoms with van der Waals surface area (Å²) in [5.41, 5.74) is -1.05.